The Morgan fingerprint density at radius 1 is 1.00 bits per heavy atom. The van der Waals surface area contributed by atoms with Crippen LogP contribution in [0.15, 0.2) is 24.3 Å². The van der Waals surface area contributed by atoms with Gasteiger partial charge in [0.05, 0.1) is 13.2 Å². The number of esters is 1. The minimum Gasteiger partial charge on any atom is -0.481 e. The van der Waals surface area contributed by atoms with Crippen LogP contribution >= 0.6 is 0 Å². The summed E-state index contributed by atoms with van der Waals surface area (Å²) in [5.74, 6) is -1.78. The predicted molar refractivity (Wildman–Crippen MR) is 138 cm³/mol. The molecule has 1 aromatic carbocycles. The highest BCUT2D eigenvalue weighted by Crippen LogP contribution is 2.69. The number of carbonyl (C=O) groups is 2. The lowest BCUT2D eigenvalue weighted by Gasteiger charge is -2.61. The van der Waals surface area contributed by atoms with Crippen LogP contribution < -0.4 is 4.74 Å². The van der Waals surface area contributed by atoms with Crippen molar-refractivity contribution in [3.05, 3.63) is 29.8 Å². The Kier molecular flexibility index (Phi) is 9.78. The van der Waals surface area contributed by atoms with Crippen LogP contribution in [0.25, 0.3) is 0 Å². The number of benzene rings is 1. The number of fused-ring (bicyclic) bond motifs is 1. The Labute approximate surface area is 220 Å². The lowest BCUT2D eigenvalue weighted by molar-refractivity contribution is -0.628. The van der Waals surface area contributed by atoms with Gasteiger partial charge in [-0.1, -0.05) is 78.4 Å². The number of carboxylic acid groups (broad SMARTS) is 1. The molecule has 2 aliphatic rings. The first kappa shape index (κ1) is 29.6. The first-order chi connectivity index (χ1) is 17.5. The molecule has 2 aliphatic heterocycles. The van der Waals surface area contributed by atoms with Crippen molar-refractivity contribution in [2.24, 2.45) is 10.8 Å². The SMILES string of the molecule is CC(=O)Oc1cccc(C23OCC(C)(C)C2(C(C)(C)COCCCCCCCCCCC(=O)O)OO3)c1. The summed E-state index contributed by atoms with van der Waals surface area (Å²) in [7, 11) is 0. The van der Waals surface area contributed by atoms with Gasteiger partial charge in [0.15, 0.2) is 5.60 Å². The molecule has 37 heavy (non-hydrogen) atoms. The maximum absolute atomic E-state index is 11.5. The molecule has 0 aliphatic carbocycles. The molecule has 208 valence electrons. The van der Waals surface area contributed by atoms with E-state index < -0.39 is 22.8 Å². The zero-order valence-corrected chi connectivity index (χ0v) is 23.1. The molecule has 2 fully saturated rings. The Morgan fingerprint density at radius 3 is 2.24 bits per heavy atom. The molecule has 2 saturated heterocycles. The van der Waals surface area contributed by atoms with Crippen molar-refractivity contribution in [1.29, 1.82) is 0 Å². The smallest absolute Gasteiger partial charge is 0.308 e. The second-order valence-electron chi connectivity index (χ2n) is 11.7. The maximum Gasteiger partial charge on any atom is 0.308 e. The van der Waals surface area contributed by atoms with Gasteiger partial charge in [0.1, 0.15) is 5.75 Å². The topological polar surface area (TPSA) is 101 Å². The molecule has 0 spiro atoms. The minimum atomic E-state index is -1.12. The van der Waals surface area contributed by atoms with Crippen LogP contribution in [0.2, 0.25) is 0 Å². The van der Waals surface area contributed by atoms with Crippen LogP contribution in [0.3, 0.4) is 0 Å². The van der Waals surface area contributed by atoms with E-state index >= 15 is 0 Å². The first-order valence-corrected chi connectivity index (χ1v) is 13.6. The number of unbranched alkanes of at least 4 members (excludes halogenated alkanes) is 7. The van der Waals surface area contributed by atoms with E-state index in [-0.39, 0.29) is 17.8 Å². The lowest BCUT2D eigenvalue weighted by atomic mass is 9.57. The summed E-state index contributed by atoms with van der Waals surface area (Å²) in [6, 6.07) is 7.25. The summed E-state index contributed by atoms with van der Waals surface area (Å²) in [5.41, 5.74) is -0.861. The third kappa shape index (κ3) is 6.19. The lowest BCUT2D eigenvalue weighted by Crippen LogP contribution is -2.74. The van der Waals surface area contributed by atoms with E-state index in [9.17, 15) is 9.59 Å². The molecule has 2 unspecified atom stereocenters. The molecule has 1 aromatic rings. The van der Waals surface area contributed by atoms with Crippen LogP contribution in [0.5, 0.6) is 5.75 Å². The molecular formula is C29H44O8. The van der Waals surface area contributed by atoms with Gasteiger partial charge in [0.2, 0.25) is 0 Å². The van der Waals surface area contributed by atoms with Crippen molar-refractivity contribution in [1.82, 2.24) is 0 Å². The van der Waals surface area contributed by atoms with Crippen molar-refractivity contribution in [2.75, 3.05) is 19.8 Å². The van der Waals surface area contributed by atoms with E-state index in [0.29, 0.717) is 25.6 Å². The highest BCUT2D eigenvalue weighted by Gasteiger charge is 2.82. The summed E-state index contributed by atoms with van der Waals surface area (Å²) in [6.07, 6.45) is 8.74. The van der Waals surface area contributed by atoms with E-state index in [2.05, 4.69) is 27.7 Å². The number of ether oxygens (including phenoxy) is 3. The molecule has 2 heterocycles. The molecule has 0 radical (unpaired) electrons. The van der Waals surface area contributed by atoms with Gasteiger partial charge in [-0.2, -0.15) is 4.89 Å². The minimum absolute atomic E-state index is 0.275. The molecule has 8 nitrogen and oxygen atoms in total. The van der Waals surface area contributed by atoms with Crippen molar-refractivity contribution >= 4 is 11.9 Å². The van der Waals surface area contributed by atoms with E-state index in [0.717, 1.165) is 50.5 Å². The van der Waals surface area contributed by atoms with Crippen LogP contribution in [0.1, 0.15) is 98.0 Å². The normalized spacial score (nSPS) is 24.4. The van der Waals surface area contributed by atoms with E-state index in [1.54, 1.807) is 12.1 Å². The van der Waals surface area contributed by atoms with E-state index in [4.69, 9.17) is 29.1 Å². The number of hydrogen-bond acceptors (Lipinski definition) is 7. The predicted octanol–water partition coefficient (Wildman–Crippen LogP) is 6.16. The Morgan fingerprint density at radius 2 is 1.65 bits per heavy atom. The first-order valence-electron chi connectivity index (χ1n) is 13.6. The molecule has 0 bridgehead atoms. The number of carboxylic acids is 1. The van der Waals surface area contributed by atoms with Gasteiger partial charge in [0, 0.05) is 36.3 Å². The molecule has 0 aromatic heterocycles. The fourth-order valence-corrected chi connectivity index (χ4v) is 5.98. The molecule has 2 atom stereocenters. The number of aliphatic carboxylic acids is 1. The molecule has 0 amide bonds. The second-order valence-corrected chi connectivity index (χ2v) is 11.7. The fourth-order valence-electron chi connectivity index (χ4n) is 5.98. The van der Waals surface area contributed by atoms with Crippen LogP contribution in [-0.2, 0) is 34.6 Å². The third-order valence-corrected chi connectivity index (χ3v) is 7.66. The Bertz CT molecular complexity index is 926. The monoisotopic (exact) mass is 520 g/mol. The van der Waals surface area contributed by atoms with E-state index in [1.807, 2.05) is 12.1 Å². The van der Waals surface area contributed by atoms with Gasteiger partial charge >= 0.3 is 11.9 Å². The summed E-state index contributed by atoms with van der Waals surface area (Å²) in [4.78, 5) is 33.8. The molecule has 8 heteroatoms. The van der Waals surface area contributed by atoms with Crippen molar-refractivity contribution in [2.45, 2.75) is 104 Å². The van der Waals surface area contributed by atoms with Gasteiger partial charge in [0.25, 0.3) is 5.79 Å². The quantitative estimate of drug-likeness (QED) is 0.120. The van der Waals surface area contributed by atoms with Gasteiger partial charge in [-0.15, -0.1) is 0 Å². The zero-order chi connectivity index (χ0) is 27.2. The number of carbonyl (C=O) groups excluding carboxylic acids is 1. The van der Waals surface area contributed by atoms with Crippen LogP contribution in [-0.4, -0.2) is 42.5 Å². The van der Waals surface area contributed by atoms with Crippen molar-refractivity contribution < 1.29 is 38.7 Å². The Balaban J connectivity index is 1.52. The molecule has 3 rings (SSSR count). The summed E-state index contributed by atoms with van der Waals surface area (Å²) in [6.45, 7) is 11.5. The maximum atomic E-state index is 11.5. The van der Waals surface area contributed by atoms with Crippen LogP contribution in [0.4, 0.5) is 0 Å². The molecule has 0 saturated carbocycles. The summed E-state index contributed by atoms with van der Waals surface area (Å²) in [5, 5.41) is 8.68. The number of rotatable bonds is 16. The molecule has 1 N–H and O–H groups in total. The Hall–Kier alpha value is -2.00. The third-order valence-electron chi connectivity index (χ3n) is 7.66. The second kappa shape index (κ2) is 12.2. The number of hydrogen-bond donors (Lipinski definition) is 1. The zero-order valence-electron chi connectivity index (χ0n) is 23.1. The average Bonchev–Trinajstić information content (AvgIpc) is 2.95. The van der Waals surface area contributed by atoms with Gasteiger partial charge in [-0.25, -0.2) is 4.89 Å². The standard InChI is InChI=1S/C29H44O8/c1-22(30)35-24-16-14-15-23(19-24)28-29(37-36-28,27(4,5)21-34-28)26(2,3)20-33-18-13-11-9-7-6-8-10-12-17-25(31)32/h14-16,19H,6-13,17-18,20-21H2,1-5H3,(H,31,32). The van der Waals surface area contributed by atoms with E-state index in [1.165, 1.54) is 13.3 Å². The van der Waals surface area contributed by atoms with Crippen molar-refractivity contribution in [3.63, 3.8) is 0 Å². The highest BCUT2D eigenvalue weighted by atomic mass is 17.3. The van der Waals surface area contributed by atoms with Crippen molar-refractivity contribution in [3.8, 4) is 5.75 Å². The highest BCUT2D eigenvalue weighted by molar-refractivity contribution is 5.69. The molecular weight excluding hydrogens is 476 g/mol. The van der Waals surface area contributed by atoms with Gasteiger partial charge < -0.3 is 19.3 Å². The summed E-state index contributed by atoms with van der Waals surface area (Å²) >= 11 is 0. The fraction of sp³-hybridized carbons (Fsp3) is 0.724. The van der Waals surface area contributed by atoms with Gasteiger partial charge in [-0.3, -0.25) is 9.59 Å². The van der Waals surface area contributed by atoms with Gasteiger partial charge in [-0.05, 0) is 25.0 Å². The van der Waals surface area contributed by atoms with Crippen LogP contribution in [0, 0.1) is 10.8 Å². The largest absolute Gasteiger partial charge is 0.481 e. The average molecular weight is 521 g/mol. The summed E-state index contributed by atoms with van der Waals surface area (Å²) < 4.78 is 17.8.